The van der Waals surface area contributed by atoms with Crippen molar-refractivity contribution in [1.82, 2.24) is 0 Å². The topological polar surface area (TPSA) is 46.5 Å². The van der Waals surface area contributed by atoms with E-state index in [2.05, 4.69) is 6.08 Å². The van der Waals surface area contributed by atoms with Crippen molar-refractivity contribution in [1.29, 1.82) is 0 Å². The molecule has 3 unspecified atom stereocenters. The van der Waals surface area contributed by atoms with Gasteiger partial charge in [-0.15, -0.1) is 0 Å². The number of hydrogen-bond acceptors (Lipinski definition) is 3. The van der Waals surface area contributed by atoms with Crippen LogP contribution < -0.4 is 0 Å². The predicted molar refractivity (Wildman–Crippen MR) is 72.1 cm³/mol. The molecule has 0 aliphatic heterocycles. The maximum absolute atomic E-state index is 11.9. The number of esters is 1. The molecule has 0 aromatic heterocycles. The molecule has 3 atom stereocenters. The molecule has 1 fully saturated rings. The van der Waals surface area contributed by atoms with Crippen molar-refractivity contribution < 1.29 is 14.6 Å². The van der Waals surface area contributed by atoms with Crippen LogP contribution in [0.5, 0.6) is 0 Å². The van der Waals surface area contributed by atoms with Crippen LogP contribution >= 0.6 is 0 Å². The molecule has 0 aromatic rings. The summed E-state index contributed by atoms with van der Waals surface area (Å²) in [4.78, 5) is 11.9. The molecule has 3 nitrogen and oxygen atoms in total. The quantitative estimate of drug-likeness (QED) is 0.622. The van der Waals surface area contributed by atoms with Gasteiger partial charge in [-0.3, -0.25) is 4.79 Å². The molecule has 104 valence electrons. The fraction of sp³-hybridized carbons (Fsp3) is 0.800. The third kappa shape index (κ3) is 2.61. The minimum Gasteiger partial charge on any atom is -0.469 e. The van der Waals surface area contributed by atoms with Gasteiger partial charge in [-0.05, 0) is 44.9 Å². The van der Waals surface area contributed by atoms with Gasteiger partial charge in [0.05, 0.1) is 18.6 Å². The Hall–Kier alpha value is -0.830. The van der Waals surface area contributed by atoms with Gasteiger partial charge in [-0.25, -0.2) is 0 Å². The van der Waals surface area contributed by atoms with Crippen LogP contribution in [-0.4, -0.2) is 23.8 Å². The molecule has 0 amide bonds. The van der Waals surface area contributed by atoms with E-state index in [1.165, 1.54) is 12.7 Å². The molecule has 3 heteroatoms. The van der Waals surface area contributed by atoms with Gasteiger partial charge in [0.15, 0.2) is 0 Å². The fourth-order valence-corrected chi connectivity index (χ4v) is 2.96. The summed E-state index contributed by atoms with van der Waals surface area (Å²) in [6.45, 7) is 10.0. The Balaban J connectivity index is 3.04. The minimum absolute atomic E-state index is 0.120. The van der Waals surface area contributed by atoms with Gasteiger partial charge in [0.1, 0.15) is 0 Å². The van der Waals surface area contributed by atoms with E-state index in [9.17, 15) is 9.90 Å². The van der Waals surface area contributed by atoms with E-state index in [1.807, 2.05) is 34.6 Å². The van der Waals surface area contributed by atoms with Gasteiger partial charge < -0.3 is 9.84 Å². The van der Waals surface area contributed by atoms with E-state index < -0.39 is 5.60 Å². The molecular formula is C15H26O3. The standard InChI is InChI=1S/C15H26O3/c1-10(2)7-8-12-11(13(16)18-6)9-15(5,17)14(12,3)4/h7,11-12,17H,8-9H2,1-6H3. The van der Waals surface area contributed by atoms with Crippen LogP contribution in [0.2, 0.25) is 0 Å². The summed E-state index contributed by atoms with van der Waals surface area (Å²) >= 11 is 0. The van der Waals surface area contributed by atoms with Gasteiger partial charge in [-0.1, -0.05) is 25.5 Å². The molecule has 0 saturated heterocycles. The van der Waals surface area contributed by atoms with Crippen LogP contribution in [0.1, 0.15) is 47.5 Å². The zero-order chi connectivity index (χ0) is 14.1. The number of methoxy groups -OCH3 is 1. The minimum atomic E-state index is -0.827. The molecule has 0 radical (unpaired) electrons. The molecule has 0 aromatic carbocycles. The third-order valence-corrected chi connectivity index (χ3v) is 4.70. The summed E-state index contributed by atoms with van der Waals surface area (Å²) in [7, 11) is 1.42. The number of carbonyl (C=O) groups excluding carboxylic acids is 1. The smallest absolute Gasteiger partial charge is 0.309 e. The molecule has 1 rings (SSSR count). The van der Waals surface area contributed by atoms with Gasteiger partial charge in [0, 0.05) is 0 Å². The van der Waals surface area contributed by atoms with Crippen molar-refractivity contribution in [2.24, 2.45) is 17.3 Å². The molecule has 1 saturated carbocycles. The summed E-state index contributed by atoms with van der Waals surface area (Å²) < 4.78 is 4.89. The highest BCUT2D eigenvalue weighted by molar-refractivity contribution is 5.73. The number of aliphatic hydroxyl groups is 1. The summed E-state index contributed by atoms with van der Waals surface area (Å²) in [5.74, 6) is -0.293. The first-order chi connectivity index (χ1) is 8.13. The molecular weight excluding hydrogens is 228 g/mol. The highest BCUT2D eigenvalue weighted by Crippen LogP contribution is 2.54. The summed E-state index contributed by atoms with van der Waals surface area (Å²) in [5, 5.41) is 10.5. The van der Waals surface area contributed by atoms with Crippen molar-refractivity contribution >= 4 is 5.97 Å². The predicted octanol–water partition coefficient (Wildman–Crippen LogP) is 2.93. The molecule has 0 heterocycles. The second-order valence-corrected chi connectivity index (χ2v) is 6.45. The van der Waals surface area contributed by atoms with Crippen molar-refractivity contribution in [3.8, 4) is 0 Å². The number of hydrogen-bond donors (Lipinski definition) is 1. The van der Waals surface area contributed by atoms with Crippen LogP contribution in [0.15, 0.2) is 11.6 Å². The SMILES string of the molecule is COC(=O)C1CC(C)(O)C(C)(C)C1CC=C(C)C. The molecule has 1 N–H and O–H groups in total. The molecule has 0 spiro atoms. The molecule has 1 aliphatic carbocycles. The van der Waals surface area contributed by atoms with Gasteiger partial charge in [0.25, 0.3) is 0 Å². The normalized spacial score (nSPS) is 34.2. The highest BCUT2D eigenvalue weighted by Gasteiger charge is 2.57. The first-order valence-corrected chi connectivity index (χ1v) is 6.57. The third-order valence-electron chi connectivity index (χ3n) is 4.70. The Bertz CT molecular complexity index is 349. The van der Waals surface area contributed by atoms with E-state index in [4.69, 9.17) is 4.74 Å². The van der Waals surface area contributed by atoms with Crippen LogP contribution in [-0.2, 0) is 9.53 Å². The summed E-state index contributed by atoms with van der Waals surface area (Å²) in [5.41, 5.74) is 0.116. The Labute approximate surface area is 110 Å². The average molecular weight is 254 g/mol. The zero-order valence-electron chi connectivity index (χ0n) is 12.4. The largest absolute Gasteiger partial charge is 0.469 e. The lowest BCUT2D eigenvalue weighted by atomic mass is 9.71. The number of allylic oxidation sites excluding steroid dienone is 2. The van der Waals surface area contributed by atoms with E-state index in [0.717, 1.165) is 6.42 Å². The Morgan fingerprint density at radius 1 is 1.39 bits per heavy atom. The van der Waals surface area contributed by atoms with Crippen molar-refractivity contribution in [2.75, 3.05) is 7.11 Å². The number of rotatable bonds is 3. The van der Waals surface area contributed by atoms with Crippen molar-refractivity contribution in [3.05, 3.63) is 11.6 Å². The maximum Gasteiger partial charge on any atom is 0.309 e. The second-order valence-electron chi connectivity index (χ2n) is 6.45. The van der Waals surface area contributed by atoms with Crippen LogP contribution in [0, 0.1) is 17.3 Å². The average Bonchev–Trinajstić information content (AvgIpc) is 2.42. The van der Waals surface area contributed by atoms with Crippen LogP contribution in [0.3, 0.4) is 0 Å². The Kier molecular flexibility index (Phi) is 4.26. The van der Waals surface area contributed by atoms with Crippen LogP contribution in [0.25, 0.3) is 0 Å². The second kappa shape index (κ2) is 5.04. The van der Waals surface area contributed by atoms with E-state index in [-0.39, 0.29) is 23.2 Å². The van der Waals surface area contributed by atoms with Gasteiger partial charge >= 0.3 is 5.97 Å². The van der Waals surface area contributed by atoms with Gasteiger partial charge in [-0.2, -0.15) is 0 Å². The lowest BCUT2D eigenvalue weighted by molar-refractivity contribution is -0.147. The number of carbonyl (C=O) groups is 1. The lowest BCUT2D eigenvalue weighted by Gasteiger charge is -2.37. The maximum atomic E-state index is 11.9. The molecule has 1 aliphatic rings. The highest BCUT2D eigenvalue weighted by atomic mass is 16.5. The number of ether oxygens (including phenoxy) is 1. The van der Waals surface area contributed by atoms with E-state index in [1.54, 1.807) is 0 Å². The Morgan fingerprint density at radius 3 is 2.39 bits per heavy atom. The van der Waals surface area contributed by atoms with E-state index >= 15 is 0 Å². The summed E-state index contributed by atoms with van der Waals surface area (Å²) in [6.07, 6.45) is 3.43. The van der Waals surface area contributed by atoms with Crippen molar-refractivity contribution in [2.45, 2.75) is 53.1 Å². The van der Waals surface area contributed by atoms with Crippen LogP contribution in [0.4, 0.5) is 0 Å². The molecule has 0 bridgehead atoms. The van der Waals surface area contributed by atoms with Gasteiger partial charge in [0.2, 0.25) is 0 Å². The fourth-order valence-electron chi connectivity index (χ4n) is 2.96. The monoisotopic (exact) mass is 254 g/mol. The van der Waals surface area contributed by atoms with E-state index in [0.29, 0.717) is 6.42 Å². The summed E-state index contributed by atoms with van der Waals surface area (Å²) in [6, 6.07) is 0. The first kappa shape index (κ1) is 15.2. The lowest BCUT2D eigenvalue weighted by Crippen LogP contribution is -2.40. The Morgan fingerprint density at radius 2 is 1.94 bits per heavy atom. The zero-order valence-corrected chi connectivity index (χ0v) is 12.4. The first-order valence-electron chi connectivity index (χ1n) is 6.57. The van der Waals surface area contributed by atoms with Crippen molar-refractivity contribution in [3.63, 3.8) is 0 Å². The molecule has 18 heavy (non-hydrogen) atoms.